The van der Waals surface area contributed by atoms with Crippen LogP contribution in [0.2, 0.25) is 0 Å². The Morgan fingerprint density at radius 2 is 1.75 bits per heavy atom. The Hall–Kier alpha value is -0.0400. The third-order valence-electron chi connectivity index (χ3n) is 3.26. The first-order valence-electron chi connectivity index (χ1n) is 5.62. The zero-order valence-corrected chi connectivity index (χ0v) is 8.18. The van der Waals surface area contributed by atoms with E-state index in [1.54, 1.807) is 0 Å². The van der Waals surface area contributed by atoms with Crippen molar-refractivity contribution >= 4 is 0 Å². The molecular formula is C11H21N. The Balaban J connectivity index is 1.66. The predicted octanol–water partition coefficient (Wildman–Crippen LogP) is 2.42. The first-order chi connectivity index (χ1) is 5.92. The summed E-state index contributed by atoms with van der Waals surface area (Å²) in [5, 5.41) is 3.58. The van der Waals surface area contributed by atoms with Crippen LogP contribution in [0.15, 0.2) is 0 Å². The second kappa shape index (κ2) is 3.78. The first kappa shape index (κ1) is 8.55. The molecule has 0 heterocycles. The maximum Gasteiger partial charge on any atom is -0.00152 e. The SMILES string of the molecule is CCCNCC(C1CC1)C1CC1. The molecule has 0 aliphatic heterocycles. The Morgan fingerprint density at radius 3 is 2.17 bits per heavy atom. The van der Waals surface area contributed by atoms with Gasteiger partial charge in [0.2, 0.25) is 0 Å². The summed E-state index contributed by atoms with van der Waals surface area (Å²) in [6.45, 7) is 4.77. The molecule has 1 N–H and O–H groups in total. The van der Waals surface area contributed by atoms with Crippen LogP contribution in [-0.4, -0.2) is 13.1 Å². The third kappa shape index (κ3) is 2.22. The number of rotatable bonds is 6. The summed E-state index contributed by atoms with van der Waals surface area (Å²) in [7, 11) is 0. The van der Waals surface area contributed by atoms with Crippen molar-refractivity contribution in [1.29, 1.82) is 0 Å². The van der Waals surface area contributed by atoms with Gasteiger partial charge in [-0.1, -0.05) is 6.92 Å². The van der Waals surface area contributed by atoms with Crippen LogP contribution in [0.1, 0.15) is 39.0 Å². The quantitative estimate of drug-likeness (QED) is 0.599. The van der Waals surface area contributed by atoms with Crippen molar-refractivity contribution in [3.05, 3.63) is 0 Å². The van der Waals surface area contributed by atoms with Gasteiger partial charge in [0, 0.05) is 0 Å². The zero-order valence-electron chi connectivity index (χ0n) is 8.18. The van der Waals surface area contributed by atoms with E-state index < -0.39 is 0 Å². The summed E-state index contributed by atoms with van der Waals surface area (Å²) in [6.07, 6.45) is 7.37. The molecule has 0 unspecified atom stereocenters. The highest BCUT2D eigenvalue weighted by molar-refractivity contribution is 4.92. The monoisotopic (exact) mass is 167 g/mol. The lowest BCUT2D eigenvalue weighted by atomic mass is 9.98. The molecule has 0 saturated heterocycles. The van der Waals surface area contributed by atoms with Crippen molar-refractivity contribution in [1.82, 2.24) is 5.32 Å². The van der Waals surface area contributed by atoms with E-state index in [2.05, 4.69) is 12.2 Å². The van der Waals surface area contributed by atoms with Gasteiger partial charge in [0.15, 0.2) is 0 Å². The highest BCUT2D eigenvalue weighted by Gasteiger charge is 2.40. The first-order valence-corrected chi connectivity index (χ1v) is 5.62. The molecule has 0 aromatic heterocycles. The maximum atomic E-state index is 3.58. The molecule has 2 rings (SSSR count). The Labute approximate surface area is 75.9 Å². The summed E-state index contributed by atoms with van der Waals surface area (Å²) in [5.41, 5.74) is 0. The summed E-state index contributed by atoms with van der Waals surface area (Å²) >= 11 is 0. The van der Waals surface area contributed by atoms with Crippen molar-refractivity contribution in [2.75, 3.05) is 13.1 Å². The van der Waals surface area contributed by atoms with Crippen LogP contribution >= 0.6 is 0 Å². The molecule has 0 atom stereocenters. The second-order valence-corrected chi connectivity index (χ2v) is 4.54. The Bertz CT molecular complexity index is 124. The van der Waals surface area contributed by atoms with E-state index in [9.17, 15) is 0 Å². The molecule has 1 nitrogen and oxygen atoms in total. The largest absolute Gasteiger partial charge is 0.316 e. The highest BCUT2D eigenvalue weighted by Crippen LogP contribution is 2.48. The van der Waals surface area contributed by atoms with Crippen molar-refractivity contribution in [3.8, 4) is 0 Å². The molecule has 0 bridgehead atoms. The summed E-state index contributed by atoms with van der Waals surface area (Å²) < 4.78 is 0. The molecule has 2 aliphatic rings. The predicted molar refractivity (Wildman–Crippen MR) is 52.1 cm³/mol. The Kier molecular flexibility index (Phi) is 2.69. The molecule has 0 aromatic carbocycles. The van der Waals surface area contributed by atoms with Crippen LogP contribution in [0.3, 0.4) is 0 Å². The van der Waals surface area contributed by atoms with E-state index >= 15 is 0 Å². The third-order valence-corrected chi connectivity index (χ3v) is 3.26. The van der Waals surface area contributed by atoms with Crippen LogP contribution in [-0.2, 0) is 0 Å². The highest BCUT2D eigenvalue weighted by atomic mass is 14.9. The lowest BCUT2D eigenvalue weighted by molar-refractivity contribution is 0.380. The van der Waals surface area contributed by atoms with Crippen molar-refractivity contribution in [3.63, 3.8) is 0 Å². The molecule has 0 spiro atoms. The van der Waals surface area contributed by atoms with E-state index in [1.807, 2.05) is 0 Å². The minimum absolute atomic E-state index is 1.05. The van der Waals surface area contributed by atoms with Crippen molar-refractivity contribution in [2.45, 2.75) is 39.0 Å². The van der Waals surface area contributed by atoms with Crippen LogP contribution in [0.4, 0.5) is 0 Å². The van der Waals surface area contributed by atoms with E-state index in [1.165, 1.54) is 45.2 Å². The molecule has 0 aromatic rings. The molecule has 1 heteroatoms. The van der Waals surface area contributed by atoms with Gasteiger partial charge >= 0.3 is 0 Å². The lowest BCUT2D eigenvalue weighted by Crippen LogP contribution is -2.26. The van der Waals surface area contributed by atoms with Gasteiger partial charge in [0.05, 0.1) is 0 Å². The van der Waals surface area contributed by atoms with Gasteiger partial charge in [-0.2, -0.15) is 0 Å². The smallest absolute Gasteiger partial charge is 0.00152 e. The van der Waals surface area contributed by atoms with E-state index in [0.29, 0.717) is 0 Å². The van der Waals surface area contributed by atoms with Gasteiger partial charge in [-0.25, -0.2) is 0 Å². The van der Waals surface area contributed by atoms with Crippen molar-refractivity contribution < 1.29 is 0 Å². The molecule has 2 saturated carbocycles. The second-order valence-electron chi connectivity index (χ2n) is 4.54. The number of hydrogen-bond acceptors (Lipinski definition) is 1. The molecule has 2 fully saturated rings. The van der Waals surface area contributed by atoms with E-state index in [-0.39, 0.29) is 0 Å². The van der Waals surface area contributed by atoms with E-state index in [4.69, 9.17) is 0 Å². The average Bonchev–Trinajstić information content (AvgIpc) is 2.87. The van der Waals surface area contributed by atoms with Crippen LogP contribution in [0.25, 0.3) is 0 Å². The van der Waals surface area contributed by atoms with Gasteiger partial charge in [0.25, 0.3) is 0 Å². The number of hydrogen-bond donors (Lipinski definition) is 1. The van der Waals surface area contributed by atoms with Crippen LogP contribution in [0, 0.1) is 17.8 Å². The van der Waals surface area contributed by atoms with Gasteiger partial charge < -0.3 is 5.32 Å². The van der Waals surface area contributed by atoms with Gasteiger partial charge in [-0.3, -0.25) is 0 Å². The fourth-order valence-corrected chi connectivity index (χ4v) is 2.21. The van der Waals surface area contributed by atoms with Crippen molar-refractivity contribution in [2.24, 2.45) is 17.8 Å². The van der Waals surface area contributed by atoms with Gasteiger partial charge in [-0.15, -0.1) is 0 Å². The topological polar surface area (TPSA) is 12.0 Å². The lowest BCUT2D eigenvalue weighted by Gasteiger charge is -2.15. The molecule has 2 aliphatic carbocycles. The normalized spacial score (nSPS) is 23.5. The number of nitrogens with one attached hydrogen (secondary N) is 1. The van der Waals surface area contributed by atoms with E-state index in [0.717, 1.165) is 17.8 Å². The summed E-state index contributed by atoms with van der Waals surface area (Å²) in [4.78, 5) is 0. The molecule has 0 radical (unpaired) electrons. The standard InChI is InChI=1S/C11H21N/c1-2-7-12-8-11(9-3-4-9)10-5-6-10/h9-12H,2-8H2,1H3. The minimum Gasteiger partial charge on any atom is -0.316 e. The van der Waals surface area contributed by atoms with Crippen LogP contribution in [0.5, 0.6) is 0 Å². The van der Waals surface area contributed by atoms with Gasteiger partial charge in [0.1, 0.15) is 0 Å². The molecule has 12 heavy (non-hydrogen) atoms. The molecule has 0 amide bonds. The summed E-state index contributed by atoms with van der Waals surface area (Å²) in [5.74, 6) is 3.28. The van der Waals surface area contributed by atoms with Crippen LogP contribution < -0.4 is 5.32 Å². The fraction of sp³-hybridized carbons (Fsp3) is 1.00. The molecular weight excluding hydrogens is 146 g/mol. The fourth-order valence-electron chi connectivity index (χ4n) is 2.21. The average molecular weight is 167 g/mol. The van der Waals surface area contributed by atoms with Gasteiger partial charge in [-0.05, 0) is 62.9 Å². The zero-order chi connectivity index (χ0) is 8.39. The molecule has 70 valence electrons. The Morgan fingerprint density at radius 1 is 1.17 bits per heavy atom. The minimum atomic E-state index is 1.05. The summed E-state index contributed by atoms with van der Waals surface area (Å²) in [6, 6.07) is 0. The maximum absolute atomic E-state index is 3.58.